The summed E-state index contributed by atoms with van der Waals surface area (Å²) < 4.78 is 5.45. The van der Waals surface area contributed by atoms with Crippen molar-refractivity contribution in [2.75, 3.05) is 13.2 Å². The monoisotopic (exact) mass is 372 g/mol. The van der Waals surface area contributed by atoms with E-state index in [1.165, 1.54) is 12.5 Å². The second kappa shape index (κ2) is 6.58. The highest BCUT2D eigenvalue weighted by atomic mass is 16.5. The van der Waals surface area contributed by atoms with Crippen LogP contribution in [0.5, 0.6) is 0 Å². The second-order valence-electron chi connectivity index (χ2n) is 9.75. The quantitative estimate of drug-likeness (QED) is 0.768. The number of esters is 1. The molecular weight excluding hydrogens is 340 g/mol. The predicted molar refractivity (Wildman–Crippen MR) is 103 cm³/mol. The van der Waals surface area contributed by atoms with Gasteiger partial charge in [-0.15, -0.1) is 0 Å². The number of carbonyl (C=O) groups is 2. The summed E-state index contributed by atoms with van der Waals surface area (Å²) in [7, 11) is 0. The zero-order valence-corrected chi connectivity index (χ0v) is 16.7. The van der Waals surface area contributed by atoms with E-state index >= 15 is 0 Å². The third kappa shape index (κ3) is 2.83. The van der Waals surface area contributed by atoms with Crippen LogP contribution in [0, 0.1) is 40.4 Å². The summed E-state index contributed by atoms with van der Waals surface area (Å²) >= 11 is 0. The van der Waals surface area contributed by atoms with Crippen LogP contribution in [0.4, 0.5) is 0 Å². The Hall–Kier alpha value is -1.42. The number of hydrogen-bond donors (Lipinski definition) is 1. The van der Waals surface area contributed by atoms with Gasteiger partial charge in [-0.05, 0) is 79.3 Å². The van der Waals surface area contributed by atoms with Crippen molar-refractivity contribution < 1.29 is 19.4 Å². The molecule has 0 aromatic rings. The highest BCUT2D eigenvalue weighted by Crippen LogP contribution is 2.67. The van der Waals surface area contributed by atoms with Crippen LogP contribution in [-0.4, -0.2) is 30.1 Å². The number of carbonyl (C=O) groups excluding carboxylic acids is 2. The molecule has 0 bridgehead atoms. The minimum atomic E-state index is -0.217. The van der Waals surface area contributed by atoms with Crippen molar-refractivity contribution in [3.05, 3.63) is 23.8 Å². The van der Waals surface area contributed by atoms with E-state index in [-0.39, 0.29) is 35.1 Å². The molecular formula is C23H32O4. The van der Waals surface area contributed by atoms with Crippen molar-refractivity contribution >= 4 is 11.8 Å². The molecule has 0 unspecified atom stereocenters. The number of aliphatic hydroxyl groups is 1. The van der Waals surface area contributed by atoms with Crippen LogP contribution in [0.1, 0.15) is 52.9 Å². The fraction of sp³-hybridized carbons (Fsp3) is 0.739. The van der Waals surface area contributed by atoms with Gasteiger partial charge in [0.2, 0.25) is 0 Å². The molecule has 0 radical (unpaired) electrons. The zero-order valence-electron chi connectivity index (χ0n) is 16.7. The number of aliphatic hydroxyl groups excluding tert-OH is 1. The number of hydrogen-bond acceptors (Lipinski definition) is 4. The number of ether oxygens (including phenoxy) is 1. The predicted octanol–water partition coefficient (Wildman–Crippen LogP) is 3.69. The van der Waals surface area contributed by atoms with Crippen molar-refractivity contribution in [3.8, 4) is 0 Å². The average molecular weight is 373 g/mol. The van der Waals surface area contributed by atoms with Crippen LogP contribution in [-0.2, 0) is 14.3 Å². The largest absolute Gasteiger partial charge is 0.466 e. The molecule has 0 amide bonds. The van der Waals surface area contributed by atoms with Gasteiger partial charge in [0.05, 0.1) is 6.61 Å². The van der Waals surface area contributed by atoms with Gasteiger partial charge in [-0.25, -0.2) is 0 Å². The van der Waals surface area contributed by atoms with Gasteiger partial charge in [-0.2, -0.15) is 0 Å². The molecule has 4 heteroatoms. The molecule has 0 aromatic heterocycles. The van der Waals surface area contributed by atoms with E-state index in [4.69, 9.17) is 4.74 Å². The minimum absolute atomic E-state index is 0.0263. The lowest BCUT2D eigenvalue weighted by Gasteiger charge is -2.57. The maximum Gasteiger partial charge on any atom is 0.302 e. The van der Waals surface area contributed by atoms with Crippen molar-refractivity contribution in [1.29, 1.82) is 0 Å². The summed E-state index contributed by atoms with van der Waals surface area (Å²) in [6.07, 6.45) is 11.0. The lowest BCUT2D eigenvalue weighted by atomic mass is 9.47. The van der Waals surface area contributed by atoms with Crippen molar-refractivity contribution in [2.45, 2.75) is 52.9 Å². The molecule has 0 spiro atoms. The highest BCUT2D eigenvalue weighted by molar-refractivity contribution is 6.01. The maximum atomic E-state index is 11.9. The van der Waals surface area contributed by atoms with E-state index in [1.807, 2.05) is 6.08 Å². The van der Waals surface area contributed by atoms with Gasteiger partial charge in [-0.3, -0.25) is 9.59 Å². The van der Waals surface area contributed by atoms with Crippen LogP contribution in [0.3, 0.4) is 0 Å². The Kier molecular flexibility index (Phi) is 4.61. The maximum absolute atomic E-state index is 11.9. The molecule has 148 valence electrons. The first-order valence-electron chi connectivity index (χ1n) is 10.5. The Morgan fingerprint density at radius 1 is 1.33 bits per heavy atom. The fourth-order valence-electron chi connectivity index (χ4n) is 7.30. The van der Waals surface area contributed by atoms with Gasteiger partial charge in [-0.1, -0.05) is 25.5 Å². The Morgan fingerprint density at radius 2 is 2.11 bits per heavy atom. The molecule has 4 aliphatic carbocycles. The summed E-state index contributed by atoms with van der Waals surface area (Å²) in [6, 6.07) is 0. The Labute approximate surface area is 162 Å². The van der Waals surface area contributed by atoms with Gasteiger partial charge in [0, 0.05) is 18.9 Å². The summed E-state index contributed by atoms with van der Waals surface area (Å²) in [4.78, 5) is 23.3. The third-order valence-corrected chi connectivity index (χ3v) is 8.60. The van der Waals surface area contributed by atoms with Crippen LogP contribution in [0.15, 0.2) is 23.8 Å². The molecule has 4 nitrogen and oxygen atoms in total. The molecule has 1 N–H and O–H groups in total. The number of fused-ring (bicyclic) bond motifs is 5. The molecule has 4 rings (SSSR count). The van der Waals surface area contributed by atoms with E-state index in [9.17, 15) is 14.7 Å². The zero-order chi connectivity index (χ0) is 19.4. The number of rotatable bonds is 3. The SMILES string of the molecule is CC(=O)OC[C@H]1C[C@H](CO)[C@@]2(C)CC[C@H]3[C@@H](CCC4=CC(=O)C=C[C@@]43C)[C@H]12. The van der Waals surface area contributed by atoms with Crippen LogP contribution >= 0.6 is 0 Å². The summed E-state index contributed by atoms with van der Waals surface area (Å²) in [5.74, 6) is 2.07. The smallest absolute Gasteiger partial charge is 0.302 e. The number of ketones is 1. The Morgan fingerprint density at radius 3 is 2.81 bits per heavy atom. The van der Waals surface area contributed by atoms with Crippen molar-refractivity contribution in [2.24, 2.45) is 40.4 Å². The minimum Gasteiger partial charge on any atom is -0.466 e. The van der Waals surface area contributed by atoms with Gasteiger partial charge >= 0.3 is 5.97 Å². The molecule has 3 fully saturated rings. The molecule has 4 aliphatic rings. The Bertz CT molecular complexity index is 707. The van der Waals surface area contributed by atoms with Gasteiger partial charge in [0.15, 0.2) is 5.78 Å². The van der Waals surface area contributed by atoms with Gasteiger partial charge in [0.1, 0.15) is 0 Å². The highest BCUT2D eigenvalue weighted by Gasteiger charge is 2.61. The lowest BCUT2D eigenvalue weighted by Crippen LogP contribution is -2.51. The van der Waals surface area contributed by atoms with E-state index in [0.29, 0.717) is 30.3 Å². The topological polar surface area (TPSA) is 63.6 Å². The van der Waals surface area contributed by atoms with Gasteiger partial charge < -0.3 is 9.84 Å². The van der Waals surface area contributed by atoms with E-state index in [0.717, 1.165) is 32.1 Å². The molecule has 27 heavy (non-hydrogen) atoms. The fourth-order valence-corrected chi connectivity index (χ4v) is 7.30. The first-order valence-corrected chi connectivity index (χ1v) is 10.5. The lowest BCUT2D eigenvalue weighted by molar-refractivity contribution is -0.144. The van der Waals surface area contributed by atoms with Crippen molar-refractivity contribution in [1.82, 2.24) is 0 Å². The average Bonchev–Trinajstić information content (AvgIpc) is 2.92. The molecule has 0 aliphatic heterocycles. The standard InChI is InChI=1S/C23H32O4/c1-14(25)27-13-15-10-17(12-24)23(3)9-7-20-19(21(15)23)5-4-16-11-18(26)6-8-22(16,20)2/h6,8,11,15,17,19-21,24H,4-5,7,9-10,12-13H2,1-3H3/t15-,17-,19-,20+,21+,22+,23-/m1/s1. The van der Waals surface area contributed by atoms with E-state index in [2.05, 4.69) is 19.9 Å². The van der Waals surface area contributed by atoms with Gasteiger partial charge in [0.25, 0.3) is 0 Å². The summed E-state index contributed by atoms with van der Waals surface area (Å²) in [5, 5.41) is 10.1. The third-order valence-electron chi connectivity index (χ3n) is 8.60. The van der Waals surface area contributed by atoms with E-state index in [1.54, 1.807) is 6.08 Å². The molecule has 3 saturated carbocycles. The molecule has 0 aromatic carbocycles. The number of allylic oxidation sites excluding steroid dienone is 4. The molecule has 0 saturated heterocycles. The van der Waals surface area contributed by atoms with Crippen LogP contribution in [0.2, 0.25) is 0 Å². The molecule has 7 atom stereocenters. The van der Waals surface area contributed by atoms with Crippen LogP contribution < -0.4 is 0 Å². The first kappa shape index (κ1) is 18.9. The van der Waals surface area contributed by atoms with E-state index < -0.39 is 0 Å². The summed E-state index contributed by atoms with van der Waals surface area (Å²) in [5.41, 5.74) is 1.39. The second-order valence-corrected chi connectivity index (χ2v) is 9.75. The molecule has 0 heterocycles. The summed E-state index contributed by atoms with van der Waals surface area (Å²) in [6.45, 7) is 6.84. The first-order chi connectivity index (χ1) is 12.8. The van der Waals surface area contributed by atoms with Crippen molar-refractivity contribution in [3.63, 3.8) is 0 Å². The van der Waals surface area contributed by atoms with Crippen LogP contribution in [0.25, 0.3) is 0 Å². The Balaban J connectivity index is 1.67. The normalized spacial score (nSPS) is 45.6.